The van der Waals surface area contributed by atoms with Gasteiger partial charge in [0.05, 0.1) is 4.47 Å². The van der Waals surface area contributed by atoms with Crippen LogP contribution in [0.2, 0.25) is 0 Å². The minimum atomic E-state index is -0.161. The summed E-state index contributed by atoms with van der Waals surface area (Å²) in [5.41, 5.74) is 3.35. The molecular weight excluding hydrogens is 378 g/mol. The Labute approximate surface area is 158 Å². The molecule has 0 aliphatic heterocycles. The molecule has 2 rings (SSSR count). The lowest BCUT2D eigenvalue weighted by Gasteiger charge is -2.10. The summed E-state index contributed by atoms with van der Waals surface area (Å²) in [5, 5.41) is 2.87. The van der Waals surface area contributed by atoms with Gasteiger partial charge >= 0.3 is 0 Å². The van der Waals surface area contributed by atoms with Gasteiger partial charge in [-0.15, -0.1) is 0 Å². The minimum Gasteiger partial charge on any atom is -0.483 e. The molecule has 4 heteroatoms. The van der Waals surface area contributed by atoms with Gasteiger partial charge in [0.15, 0.2) is 6.61 Å². The Morgan fingerprint density at radius 3 is 2.36 bits per heavy atom. The number of anilines is 1. The maximum Gasteiger partial charge on any atom is 0.262 e. The van der Waals surface area contributed by atoms with Gasteiger partial charge in [-0.05, 0) is 70.6 Å². The number of nitrogens with one attached hydrogen (secondary N) is 1. The third-order valence-corrected chi connectivity index (χ3v) is 4.57. The smallest absolute Gasteiger partial charge is 0.262 e. The van der Waals surface area contributed by atoms with E-state index in [9.17, 15) is 4.79 Å². The van der Waals surface area contributed by atoms with Crippen LogP contribution in [0.15, 0.2) is 46.9 Å². The number of rotatable bonds is 9. The normalized spacial score (nSPS) is 10.5. The van der Waals surface area contributed by atoms with Crippen LogP contribution < -0.4 is 10.1 Å². The van der Waals surface area contributed by atoms with Crippen LogP contribution in [0, 0.1) is 0 Å². The largest absolute Gasteiger partial charge is 0.483 e. The second-order valence-electron chi connectivity index (χ2n) is 6.15. The number of carbonyl (C=O) groups is 1. The molecule has 0 heterocycles. The molecule has 0 spiro atoms. The molecule has 0 radical (unpaired) electrons. The van der Waals surface area contributed by atoms with Crippen molar-refractivity contribution in [2.75, 3.05) is 11.9 Å². The third kappa shape index (κ3) is 6.54. The molecule has 0 bridgehead atoms. The quantitative estimate of drug-likeness (QED) is 0.577. The molecular formula is C21H26BrNO2. The predicted octanol–water partition coefficient (Wildman–Crippen LogP) is 5.76. The van der Waals surface area contributed by atoms with Crippen LogP contribution in [0.5, 0.6) is 5.75 Å². The first-order valence-electron chi connectivity index (χ1n) is 8.92. The van der Waals surface area contributed by atoms with Crippen molar-refractivity contribution in [2.24, 2.45) is 0 Å². The lowest BCUT2D eigenvalue weighted by molar-refractivity contribution is -0.118. The number of amides is 1. The Hall–Kier alpha value is -1.81. The maximum atomic E-state index is 12.1. The molecule has 0 atom stereocenters. The minimum absolute atomic E-state index is 0.0106. The Bertz CT molecular complexity index is 683. The highest BCUT2D eigenvalue weighted by Crippen LogP contribution is 2.26. The van der Waals surface area contributed by atoms with Crippen molar-refractivity contribution in [3.05, 3.63) is 58.1 Å². The summed E-state index contributed by atoms with van der Waals surface area (Å²) in [6.07, 6.45) is 5.59. The van der Waals surface area contributed by atoms with E-state index in [1.54, 1.807) is 0 Å². The van der Waals surface area contributed by atoms with Gasteiger partial charge in [-0.2, -0.15) is 0 Å². The topological polar surface area (TPSA) is 38.3 Å². The molecule has 0 saturated heterocycles. The average molecular weight is 404 g/mol. The Morgan fingerprint density at radius 2 is 1.72 bits per heavy atom. The molecule has 0 unspecified atom stereocenters. The second kappa shape index (κ2) is 10.2. The van der Waals surface area contributed by atoms with Gasteiger partial charge in [-0.3, -0.25) is 4.79 Å². The van der Waals surface area contributed by atoms with Gasteiger partial charge in [0.1, 0.15) is 5.75 Å². The highest BCUT2D eigenvalue weighted by molar-refractivity contribution is 9.10. The number of carbonyl (C=O) groups excluding carboxylic acids is 1. The van der Waals surface area contributed by atoms with Gasteiger partial charge in [-0.25, -0.2) is 0 Å². The summed E-state index contributed by atoms with van der Waals surface area (Å²) in [6.45, 7) is 4.33. The molecule has 3 nitrogen and oxygen atoms in total. The van der Waals surface area contributed by atoms with Crippen molar-refractivity contribution < 1.29 is 9.53 Å². The number of unbranched alkanes of at least 4 members (excludes halogenated alkanes) is 1. The van der Waals surface area contributed by atoms with Crippen molar-refractivity contribution in [2.45, 2.75) is 46.0 Å². The zero-order chi connectivity index (χ0) is 18.1. The van der Waals surface area contributed by atoms with E-state index in [4.69, 9.17) is 4.74 Å². The Balaban J connectivity index is 1.84. The monoisotopic (exact) mass is 403 g/mol. The summed E-state index contributed by atoms with van der Waals surface area (Å²) < 4.78 is 6.50. The number of ether oxygens (including phenoxy) is 1. The second-order valence-corrected chi connectivity index (χ2v) is 7.01. The predicted molar refractivity (Wildman–Crippen MR) is 107 cm³/mol. The Morgan fingerprint density at radius 1 is 1.00 bits per heavy atom. The van der Waals surface area contributed by atoms with E-state index in [2.05, 4.69) is 47.2 Å². The number of aryl methyl sites for hydroxylation is 2. The van der Waals surface area contributed by atoms with E-state index in [-0.39, 0.29) is 12.5 Å². The van der Waals surface area contributed by atoms with Crippen molar-refractivity contribution in [3.63, 3.8) is 0 Å². The van der Waals surface area contributed by atoms with Crippen LogP contribution in [-0.2, 0) is 17.6 Å². The molecule has 2 aromatic carbocycles. The van der Waals surface area contributed by atoms with Gasteiger partial charge in [0.25, 0.3) is 5.91 Å². The molecule has 1 amide bonds. The van der Waals surface area contributed by atoms with Crippen molar-refractivity contribution in [1.29, 1.82) is 0 Å². The lowest BCUT2D eigenvalue weighted by atomic mass is 10.1. The molecule has 0 aromatic heterocycles. The maximum absolute atomic E-state index is 12.1. The first kappa shape index (κ1) is 19.5. The van der Waals surface area contributed by atoms with Crippen LogP contribution in [0.1, 0.15) is 44.2 Å². The Kier molecular flexibility index (Phi) is 7.99. The molecule has 1 N–H and O–H groups in total. The van der Waals surface area contributed by atoms with Crippen LogP contribution in [0.3, 0.4) is 0 Å². The lowest BCUT2D eigenvalue weighted by Crippen LogP contribution is -2.20. The number of benzene rings is 2. The highest BCUT2D eigenvalue weighted by Gasteiger charge is 2.07. The first-order valence-corrected chi connectivity index (χ1v) is 9.71. The molecule has 25 heavy (non-hydrogen) atoms. The SMILES string of the molecule is CCCCc1ccc(NC(=O)COc2ccc(CCC)cc2Br)cc1. The number of halogens is 1. The molecule has 0 saturated carbocycles. The van der Waals surface area contributed by atoms with Crippen molar-refractivity contribution in [3.8, 4) is 5.75 Å². The van der Waals surface area contributed by atoms with Crippen molar-refractivity contribution in [1.82, 2.24) is 0 Å². The fourth-order valence-electron chi connectivity index (χ4n) is 2.58. The third-order valence-electron chi connectivity index (χ3n) is 3.95. The van der Waals surface area contributed by atoms with Gasteiger partial charge in [-0.1, -0.05) is 44.9 Å². The van der Waals surface area contributed by atoms with E-state index in [1.807, 2.05) is 30.3 Å². The van der Waals surface area contributed by atoms with E-state index in [0.717, 1.165) is 29.4 Å². The first-order chi connectivity index (χ1) is 12.1. The molecule has 2 aromatic rings. The summed E-state index contributed by atoms with van der Waals surface area (Å²) >= 11 is 3.51. The van der Waals surface area contributed by atoms with E-state index in [1.165, 1.54) is 24.0 Å². The van der Waals surface area contributed by atoms with E-state index >= 15 is 0 Å². The molecule has 0 aliphatic rings. The van der Waals surface area contributed by atoms with Crippen LogP contribution in [0.25, 0.3) is 0 Å². The average Bonchev–Trinajstić information content (AvgIpc) is 2.61. The summed E-state index contributed by atoms with van der Waals surface area (Å²) in [6, 6.07) is 14.0. The summed E-state index contributed by atoms with van der Waals surface area (Å²) in [7, 11) is 0. The van der Waals surface area contributed by atoms with Crippen LogP contribution >= 0.6 is 15.9 Å². The standard InChI is InChI=1S/C21H26BrNO2/c1-3-5-7-16-8-11-18(12-9-16)23-21(24)15-25-20-13-10-17(6-4-2)14-19(20)22/h8-14H,3-7,15H2,1-2H3,(H,23,24). The zero-order valence-electron chi connectivity index (χ0n) is 15.0. The molecule has 134 valence electrons. The number of hydrogen-bond acceptors (Lipinski definition) is 2. The van der Waals surface area contributed by atoms with Gasteiger partial charge < -0.3 is 10.1 Å². The molecule has 0 fully saturated rings. The fraction of sp³-hybridized carbons (Fsp3) is 0.381. The van der Waals surface area contributed by atoms with Crippen molar-refractivity contribution >= 4 is 27.5 Å². The van der Waals surface area contributed by atoms with E-state index in [0.29, 0.717) is 5.75 Å². The fourth-order valence-corrected chi connectivity index (χ4v) is 3.12. The number of hydrogen-bond donors (Lipinski definition) is 1. The van der Waals surface area contributed by atoms with Gasteiger partial charge in [0.2, 0.25) is 0 Å². The van der Waals surface area contributed by atoms with Crippen LogP contribution in [-0.4, -0.2) is 12.5 Å². The van der Waals surface area contributed by atoms with Gasteiger partial charge in [0, 0.05) is 5.69 Å². The van der Waals surface area contributed by atoms with Crippen LogP contribution in [0.4, 0.5) is 5.69 Å². The summed E-state index contributed by atoms with van der Waals surface area (Å²) in [5.74, 6) is 0.524. The molecule has 0 aliphatic carbocycles. The van der Waals surface area contributed by atoms with E-state index < -0.39 is 0 Å². The highest BCUT2D eigenvalue weighted by atomic mass is 79.9. The summed E-state index contributed by atoms with van der Waals surface area (Å²) in [4.78, 5) is 12.1. The zero-order valence-corrected chi connectivity index (χ0v) is 16.6.